The van der Waals surface area contributed by atoms with E-state index in [-0.39, 0.29) is 0 Å². The predicted octanol–water partition coefficient (Wildman–Crippen LogP) is 2.34. The molecule has 0 aromatic carbocycles. The molecule has 0 aromatic rings. The van der Waals surface area contributed by atoms with Gasteiger partial charge in [0.2, 0.25) is 0 Å². The van der Waals surface area contributed by atoms with Crippen LogP contribution < -0.4 is 5.32 Å². The normalized spacial score (nSPS) is 31.5. The first-order valence-corrected chi connectivity index (χ1v) is 4.61. The van der Waals surface area contributed by atoms with E-state index in [4.69, 9.17) is 0 Å². The molecule has 1 aliphatic rings. The second kappa shape index (κ2) is 3.91. The van der Waals surface area contributed by atoms with Crippen molar-refractivity contribution in [3.63, 3.8) is 0 Å². The smallest absolute Gasteiger partial charge is 0.00988 e. The number of rotatable bonds is 5. The highest BCUT2D eigenvalue weighted by Crippen LogP contribution is 2.29. The molecule has 1 fully saturated rings. The first kappa shape index (κ1) is 8.79. The molecule has 1 heteroatoms. The van der Waals surface area contributed by atoms with Gasteiger partial charge in [-0.2, -0.15) is 0 Å². The van der Waals surface area contributed by atoms with Gasteiger partial charge in [0.1, 0.15) is 0 Å². The van der Waals surface area contributed by atoms with Gasteiger partial charge in [-0.3, -0.25) is 0 Å². The Morgan fingerprint density at radius 3 is 2.82 bits per heavy atom. The van der Waals surface area contributed by atoms with Crippen LogP contribution in [0.15, 0.2) is 12.7 Å². The van der Waals surface area contributed by atoms with Crippen LogP contribution in [0.25, 0.3) is 0 Å². The summed E-state index contributed by atoms with van der Waals surface area (Å²) >= 11 is 0. The summed E-state index contributed by atoms with van der Waals surface area (Å²) in [6.45, 7) is 8.28. The van der Waals surface area contributed by atoms with Crippen LogP contribution in [0.1, 0.15) is 33.1 Å². The van der Waals surface area contributed by atoms with E-state index in [1.165, 1.54) is 12.8 Å². The van der Waals surface area contributed by atoms with Gasteiger partial charge in [-0.25, -0.2) is 0 Å². The first-order chi connectivity index (χ1) is 5.24. The van der Waals surface area contributed by atoms with Crippen molar-refractivity contribution in [2.45, 2.75) is 45.2 Å². The van der Waals surface area contributed by atoms with Crippen molar-refractivity contribution in [1.82, 2.24) is 5.32 Å². The van der Waals surface area contributed by atoms with E-state index in [2.05, 4.69) is 25.7 Å². The minimum absolute atomic E-state index is 0.669. The summed E-state index contributed by atoms with van der Waals surface area (Å²) in [5.41, 5.74) is 0. The van der Waals surface area contributed by atoms with Crippen LogP contribution in [-0.4, -0.2) is 12.1 Å². The molecule has 0 saturated heterocycles. The van der Waals surface area contributed by atoms with Gasteiger partial charge < -0.3 is 5.32 Å². The van der Waals surface area contributed by atoms with Crippen LogP contribution in [0.4, 0.5) is 0 Å². The standard InChI is InChI=1S/C10H19N/c1-4-5-6-9(3)11-10-7-8(10)2/h4,8-11H,1,5-7H2,2-3H3. The van der Waals surface area contributed by atoms with Gasteiger partial charge in [0.15, 0.2) is 0 Å². The molecule has 3 atom stereocenters. The maximum Gasteiger partial charge on any atom is 0.00988 e. The molecule has 0 heterocycles. The summed E-state index contributed by atoms with van der Waals surface area (Å²) in [4.78, 5) is 0. The van der Waals surface area contributed by atoms with Crippen molar-refractivity contribution < 1.29 is 0 Å². The molecule has 0 aromatic heterocycles. The molecule has 0 amide bonds. The largest absolute Gasteiger partial charge is 0.311 e. The van der Waals surface area contributed by atoms with Gasteiger partial charge in [-0.1, -0.05) is 13.0 Å². The van der Waals surface area contributed by atoms with Crippen LogP contribution in [0, 0.1) is 5.92 Å². The SMILES string of the molecule is C=CCCC(C)NC1CC1C. The van der Waals surface area contributed by atoms with Crippen LogP contribution in [0.3, 0.4) is 0 Å². The lowest BCUT2D eigenvalue weighted by Gasteiger charge is -2.11. The number of hydrogen-bond donors (Lipinski definition) is 1. The van der Waals surface area contributed by atoms with Crippen LogP contribution in [0.2, 0.25) is 0 Å². The third kappa shape index (κ3) is 3.06. The zero-order chi connectivity index (χ0) is 8.27. The van der Waals surface area contributed by atoms with Gasteiger partial charge in [-0.15, -0.1) is 6.58 Å². The number of allylic oxidation sites excluding steroid dienone is 1. The van der Waals surface area contributed by atoms with Crippen LogP contribution in [0.5, 0.6) is 0 Å². The Balaban J connectivity index is 2.01. The Hall–Kier alpha value is -0.300. The number of nitrogens with one attached hydrogen (secondary N) is 1. The van der Waals surface area contributed by atoms with E-state index < -0.39 is 0 Å². The molecule has 3 unspecified atom stereocenters. The van der Waals surface area contributed by atoms with Crippen molar-refractivity contribution in [3.8, 4) is 0 Å². The Kier molecular flexibility index (Phi) is 3.13. The van der Waals surface area contributed by atoms with Crippen molar-refractivity contribution in [1.29, 1.82) is 0 Å². The summed E-state index contributed by atoms with van der Waals surface area (Å²) in [6.07, 6.45) is 5.73. The second-order valence-electron chi connectivity index (χ2n) is 3.75. The Labute approximate surface area is 69.9 Å². The van der Waals surface area contributed by atoms with Gasteiger partial charge in [0.25, 0.3) is 0 Å². The zero-order valence-corrected chi connectivity index (χ0v) is 7.64. The maximum absolute atomic E-state index is 3.71. The van der Waals surface area contributed by atoms with E-state index in [1.807, 2.05) is 6.08 Å². The lowest BCUT2D eigenvalue weighted by Crippen LogP contribution is -2.28. The molecule has 1 rings (SSSR count). The third-order valence-corrected chi connectivity index (χ3v) is 2.41. The van der Waals surface area contributed by atoms with Gasteiger partial charge in [-0.05, 0) is 32.1 Å². The molecule has 11 heavy (non-hydrogen) atoms. The van der Waals surface area contributed by atoms with Crippen molar-refractivity contribution in [2.24, 2.45) is 5.92 Å². The fraction of sp³-hybridized carbons (Fsp3) is 0.800. The monoisotopic (exact) mass is 153 g/mol. The van der Waals surface area contributed by atoms with Crippen molar-refractivity contribution >= 4 is 0 Å². The lowest BCUT2D eigenvalue weighted by atomic mass is 10.2. The molecule has 1 N–H and O–H groups in total. The summed E-state index contributed by atoms with van der Waals surface area (Å²) in [5, 5.41) is 3.59. The van der Waals surface area contributed by atoms with Crippen molar-refractivity contribution in [2.75, 3.05) is 0 Å². The van der Waals surface area contributed by atoms with E-state index in [1.54, 1.807) is 0 Å². The average Bonchev–Trinajstić information content (AvgIpc) is 2.62. The van der Waals surface area contributed by atoms with Crippen LogP contribution >= 0.6 is 0 Å². The van der Waals surface area contributed by atoms with E-state index >= 15 is 0 Å². The second-order valence-corrected chi connectivity index (χ2v) is 3.75. The predicted molar refractivity (Wildman–Crippen MR) is 49.6 cm³/mol. The quantitative estimate of drug-likeness (QED) is 0.598. The fourth-order valence-electron chi connectivity index (χ4n) is 1.37. The average molecular weight is 153 g/mol. The minimum atomic E-state index is 0.669. The summed E-state index contributed by atoms with van der Waals surface area (Å²) in [7, 11) is 0. The number of hydrogen-bond acceptors (Lipinski definition) is 1. The van der Waals surface area contributed by atoms with E-state index in [0.29, 0.717) is 6.04 Å². The first-order valence-electron chi connectivity index (χ1n) is 4.61. The Bertz CT molecular complexity index is 131. The van der Waals surface area contributed by atoms with Gasteiger partial charge in [0.05, 0.1) is 0 Å². The minimum Gasteiger partial charge on any atom is -0.311 e. The Morgan fingerprint density at radius 1 is 1.73 bits per heavy atom. The highest BCUT2D eigenvalue weighted by molar-refractivity contribution is 4.91. The molecular formula is C10H19N. The molecule has 0 aliphatic heterocycles. The zero-order valence-electron chi connectivity index (χ0n) is 7.64. The molecule has 0 bridgehead atoms. The third-order valence-electron chi connectivity index (χ3n) is 2.41. The Morgan fingerprint density at radius 2 is 2.36 bits per heavy atom. The molecule has 1 aliphatic carbocycles. The molecule has 0 spiro atoms. The molecule has 1 saturated carbocycles. The van der Waals surface area contributed by atoms with E-state index in [0.717, 1.165) is 18.4 Å². The lowest BCUT2D eigenvalue weighted by molar-refractivity contribution is 0.503. The maximum atomic E-state index is 3.71. The molecule has 0 radical (unpaired) electrons. The van der Waals surface area contributed by atoms with Crippen LogP contribution in [-0.2, 0) is 0 Å². The topological polar surface area (TPSA) is 12.0 Å². The summed E-state index contributed by atoms with van der Waals surface area (Å²) in [5.74, 6) is 0.918. The van der Waals surface area contributed by atoms with Crippen molar-refractivity contribution in [3.05, 3.63) is 12.7 Å². The summed E-state index contributed by atoms with van der Waals surface area (Å²) < 4.78 is 0. The highest BCUT2D eigenvalue weighted by atomic mass is 15.0. The van der Waals surface area contributed by atoms with E-state index in [9.17, 15) is 0 Å². The van der Waals surface area contributed by atoms with Gasteiger partial charge >= 0.3 is 0 Å². The molecular weight excluding hydrogens is 134 g/mol. The molecule has 64 valence electrons. The highest BCUT2D eigenvalue weighted by Gasteiger charge is 2.32. The summed E-state index contributed by atoms with van der Waals surface area (Å²) in [6, 6.07) is 1.48. The van der Waals surface area contributed by atoms with Gasteiger partial charge in [0, 0.05) is 12.1 Å². The fourth-order valence-corrected chi connectivity index (χ4v) is 1.37. The molecule has 1 nitrogen and oxygen atoms in total.